The smallest absolute Gasteiger partial charge is 0.871 e. The fraction of sp³-hybridized carbons (Fsp3) is 0. The van der Waals surface area contributed by atoms with E-state index >= 15 is 0 Å². The number of azo groups is 2. The van der Waals surface area contributed by atoms with Crippen molar-refractivity contribution in [3.8, 4) is 23.0 Å². The number of fused-ring (bicyclic) bond motifs is 2. The Morgan fingerprint density at radius 3 is 1.92 bits per heavy atom. The van der Waals surface area contributed by atoms with Gasteiger partial charge in [-0.1, -0.05) is 47.9 Å². The van der Waals surface area contributed by atoms with E-state index in [1.807, 2.05) is 12.1 Å². The van der Waals surface area contributed by atoms with Crippen molar-refractivity contribution in [3.63, 3.8) is 0 Å². The molecule has 0 spiro atoms. The summed E-state index contributed by atoms with van der Waals surface area (Å²) < 4.78 is 34.7. The van der Waals surface area contributed by atoms with Crippen LogP contribution >= 0.6 is 0 Å². The minimum atomic E-state index is -5.10. The molecule has 0 fully saturated rings. The van der Waals surface area contributed by atoms with Crippen LogP contribution in [0, 0.1) is 20.2 Å². The number of nitrogens with two attached hydrogens (primary N) is 1. The Balaban J connectivity index is 0.000000232. The topological polar surface area (TPSA) is 306 Å². The van der Waals surface area contributed by atoms with Gasteiger partial charge in [-0.25, -0.2) is 8.42 Å². The first-order chi connectivity index (χ1) is 24.1. The molecule has 0 aromatic heterocycles. The van der Waals surface area contributed by atoms with Gasteiger partial charge in [0.25, 0.3) is 11.4 Å². The van der Waals surface area contributed by atoms with Crippen LogP contribution in [0.15, 0.2) is 122 Å². The second kappa shape index (κ2) is 15.4. The summed E-state index contributed by atoms with van der Waals surface area (Å²) in [4.78, 5) is 19.1. The third-order valence-electron chi connectivity index (χ3n) is 7.04. The summed E-state index contributed by atoms with van der Waals surface area (Å²) in [6.07, 6.45) is 0. The molecule has 1 radical (unpaired) electrons. The predicted octanol–water partition coefficient (Wildman–Crippen LogP) is 6.37. The Kier molecular flexibility index (Phi) is 11.3. The molecule has 6 rings (SSSR count). The second-order valence-electron chi connectivity index (χ2n) is 10.4. The quantitative estimate of drug-likeness (QED) is 0.0525. The van der Waals surface area contributed by atoms with Crippen LogP contribution < -0.4 is 15.9 Å². The summed E-state index contributed by atoms with van der Waals surface area (Å²) in [7, 11) is -5.10. The monoisotopic (exact) mass is 762 g/mol. The number of nitrogens with zero attached hydrogens (tertiary/aromatic N) is 6. The van der Waals surface area contributed by atoms with Gasteiger partial charge in [0.1, 0.15) is 33.0 Å². The van der Waals surface area contributed by atoms with Crippen molar-refractivity contribution >= 4 is 71.5 Å². The minimum absolute atomic E-state index is 0. The minimum Gasteiger partial charge on any atom is -0.871 e. The maximum absolute atomic E-state index is 12.6. The summed E-state index contributed by atoms with van der Waals surface area (Å²) >= 11 is 0. The maximum atomic E-state index is 12.6. The Morgan fingerprint density at radius 2 is 1.25 bits per heavy atom. The van der Waals surface area contributed by atoms with Crippen LogP contribution in [0.3, 0.4) is 0 Å². The van der Waals surface area contributed by atoms with Gasteiger partial charge >= 0.3 is 17.4 Å². The fourth-order valence-electron chi connectivity index (χ4n) is 4.60. The molecule has 0 atom stereocenters. The van der Waals surface area contributed by atoms with E-state index in [0.717, 1.165) is 29.7 Å². The van der Waals surface area contributed by atoms with Crippen molar-refractivity contribution in [3.05, 3.63) is 117 Å². The second-order valence-corrected chi connectivity index (χ2v) is 11.7. The molecule has 0 saturated heterocycles. The van der Waals surface area contributed by atoms with Crippen LogP contribution in [0.2, 0.25) is 0 Å². The zero-order valence-electron chi connectivity index (χ0n) is 25.9. The molecule has 0 amide bonds. The number of hydrogen-bond donors (Lipinski definition) is 3. The maximum Gasteiger partial charge on any atom is 3.00 e. The van der Waals surface area contributed by atoms with E-state index in [1.54, 1.807) is 18.2 Å². The van der Waals surface area contributed by atoms with Gasteiger partial charge < -0.3 is 30.7 Å². The van der Waals surface area contributed by atoms with Crippen molar-refractivity contribution in [2.24, 2.45) is 20.5 Å². The van der Waals surface area contributed by atoms with Gasteiger partial charge in [-0.05, 0) is 52.6 Å². The van der Waals surface area contributed by atoms with Gasteiger partial charge in [0, 0.05) is 35.3 Å². The SMILES string of the molecule is Nc1ccc2c([O-])c(N=Nc3ccc([N+](=O)[O-])cc3[O-])c(S(=O)(=O)[O-])cc2c1.O=[N+]([O-])c1ccc(O)c(N=Nc2c(O)ccc3ccccc23)c1.[Cr+3]. The first-order valence-corrected chi connectivity index (χ1v) is 15.5. The first-order valence-electron chi connectivity index (χ1n) is 14.1. The van der Waals surface area contributed by atoms with Crippen LogP contribution in [0.25, 0.3) is 21.5 Å². The van der Waals surface area contributed by atoms with Crippen LogP contribution in [-0.2, 0) is 27.5 Å². The third-order valence-corrected chi connectivity index (χ3v) is 7.89. The number of nitro benzene ring substituents is 2. The number of aromatic hydroxyl groups is 2. The van der Waals surface area contributed by atoms with Crippen LogP contribution in [-0.4, -0.2) is 33.0 Å². The first kappa shape index (κ1) is 38.1. The molecule has 4 N–H and O–H groups in total. The normalized spacial score (nSPS) is 11.3. The third kappa shape index (κ3) is 8.35. The Bertz CT molecular complexity index is 2550. The van der Waals surface area contributed by atoms with Crippen molar-refractivity contribution in [2.45, 2.75) is 4.90 Å². The number of hydrogen-bond acceptors (Lipinski definition) is 16. The average molecular weight is 763 g/mol. The fourth-order valence-corrected chi connectivity index (χ4v) is 5.24. The molecule has 52 heavy (non-hydrogen) atoms. The Hall–Kier alpha value is -6.72. The molecule has 0 bridgehead atoms. The van der Waals surface area contributed by atoms with Crippen molar-refractivity contribution in [2.75, 3.05) is 5.73 Å². The largest absolute Gasteiger partial charge is 3.00 e. The number of phenolic OH excluding ortho intramolecular Hbond substituents is 2. The zero-order valence-corrected chi connectivity index (χ0v) is 28.0. The number of anilines is 1. The Labute approximate surface area is 302 Å². The molecule has 18 nitrogen and oxygen atoms in total. The van der Waals surface area contributed by atoms with Crippen LogP contribution in [0.4, 0.5) is 39.8 Å². The van der Waals surface area contributed by atoms with Gasteiger partial charge in [-0.2, -0.15) is 5.11 Å². The molecular weight excluding hydrogens is 742 g/mol. The van der Waals surface area contributed by atoms with E-state index in [9.17, 15) is 53.6 Å². The van der Waals surface area contributed by atoms with E-state index in [0.29, 0.717) is 11.5 Å². The molecule has 0 aliphatic heterocycles. The zero-order chi connectivity index (χ0) is 37.0. The number of nitrogen functional groups attached to an aromatic ring is 1. The number of rotatable bonds is 7. The summed E-state index contributed by atoms with van der Waals surface area (Å²) in [5.41, 5.74) is 4.20. The molecule has 0 aliphatic carbocycles. The van der Waals surface area contributed by atoms with Crippen molar-refractivity contribution < 1.29 is 60.6 Å². The van der Waals surface area contributed by atoms with Gasteiger partial charge in [-0.3, -0.25) is 20.2 Å². The molecule has 0 aliphatic rings. The molecular formula is C32H20CrN7O11S. The molecule has 0 heterocycles. The molecule has 20 heteroatoms. The van der Waals surface area contributed by atoms with E-state index in [4.69, 9.17) is 5.73 Å². The standard InChI is InChI=1S/C16H12N4O7S.C16H11N3O4.Cr/c17-9-1-3-11-8(5-9)6-14(28(25,26)27)15(16(11)22)19-18-12-4-2-10(20(23)24)7-13(12)21;20-14-8-6-11(19(22)23)9-13(14)17-18-16-12-4-2-1-3-10(12)5-7-15(16)21;/h1-7,21-22H,17H2,(H,25,26,27);1-9,20-21H;/q;;+3/p-3. The molecule has 0 unspecified atom stereocenters. The van der Waals surface area contributed by atoms with Gasteiger partial charge in [-0.15, -0.1) is 15.3 Å². The van der Waals surface area contributed by atoms with Gasteiger partial charge in [0.2, 0.25) is 0 Å². The number of nitro groups is 2. The predicted molar refractivity (Wildman–Crippen MR) is 177 cm³/mol. The summed E-state index contributed by atoms with van der Waals surface area (Å²) in [6.45, 7) is 0. The molecule has 6 aromatic rings. The van der Waals surface area contributed by atoms with E-state index in [1.165, 1.54) is 36.4 Å². The Morgan fingerprint density at radius 1 is 0.635 bits per heavy atom. The van der Waals surface area contributed by atoms with Gasteiger partial charge in [0.05, 0.1) is 26.1 Å². The summed E-state index contributed by atoms with van der Waals surface area (Å²) in [5, 5.41) is 82.1. The van der Waals surface area contributed by atoms with E-state index in [-0.39, 0.29) is 68.1 Å². The average Bonchev–Trinajstić information content (AvgIpc) is 3.08. The summed E-state index contributed by atoms with van der Waals surface area (Å²) in [6, 6.07) is 21.6. The van der Waals surface area contributed by atoms with Gasteiger partial charge in [0.15, 0.2) is 0 Å². The van der Waals surface area contributed by atoms with Crippen LogP contribution in [0.5, 0.6) is 23.0 Å². The van der Waals surface area contributed by atoms with Crippen molar-refractivity contribution in [1.82, 2.24) is 0 Å². The molecule has 6 aromatic carbocycles. The number of non-ortho nitro benzene ring substituents is 2. The van der Waals surface area contributed by atoms with Crippen molar-refractivity contribution in [1.29, 1.82) is 0 Å². The van der Waals surface area contributed by atoms with Crippen LogP contribution in [0.1, 0.15) is 0 Å². The number of phenols is 2. The number of benzene rings is 6. The summed E-state index contributed by atoms with van der Waals surface area (Å²) in [5.74, 6) is -2.08. The van der Waals surface area contributed by atoms with E-state index < -0.39 is 47.7 Å². The molecule has 0 saturated carbocycles. The molecule has 261 valence electrons. The van der Waals surface area contributed by atoms with E-state index in [2.05, 4.69) is 20.5 Å².